The van der Waals surface area contributed by atoms with Gasteiger partial charge < -0.3 is 4.74 Å². The molecule has 1 rings (SSSR count). The molecule has 0 aliphatic heterocycles. The Hall–Kier alpha value is -0.420. The van der Waals surface area contributed by atoms with Crippen LogP contribution in [-0.4, -0.2) is 16.6 Å². The van der Waals surface area contributed by atoms with Crippen molar-refractivity contribution in [2.45, 2.75) is 3.74 Å². The molecule has 0 spiro atoms. The monoisotopic (exact) mass is 324 g/mol. The van der Waals surface area contributed by atoms with Crippen LogP contribution in [0, 0.1) is 5.82 Å². The number of halogens is 3. The predicted molar refractivity (Wildman–Crippen MR) is 58.9 cm³/mol. The minimum atomic E-state index is -0.585. The van der Waals surface area contributed by atoms with Gasteiger partial charge in [-0.2, -0.15) is 0 Å². The molecule has 0 atom stereocenters. The van der Waals surface area contributed by atoms with Crippen molar-refractivity contribution in [3.8, 4) is 5.75 Å². The molecule has 0 unspecified atom stereocenters. The van der Waals surface area contributed by atoms with Crippen molar-refractivity contribution >= 4 is 37.6 Å². The third-order valence-corrected chi connectivity index (χ3v) is 2.47. The number of alkyl halides is 2. The van der Waals surface area contributed by atoms with Crippen LogP contribution in [0.15, 0.2) is 18.2 Å². The maximum absolute atomic E-state index is 13.3. The second kappa shape index (κ2) is 4.89. The lowest BCUT2D eigenvalue weighted by atomic mass is 10.1. The Morgan fingerprint density at radius 1 is 1.50 bits per heavy atom. The van der Waals surface area contributed by atoms with Crippen molar-refractivity contribution in [3.63, 3.8) is 0 Å². The van der Waals surface area contributed by atoms with E-state index in [9.17, 15) is 9.18 Å². The molecule has 5 heteroatoms. The molecule has 0 radical (unpaired) electrons. The number of benzene rings is 1. The standard InChI is InChI=1S/C9H7Br2FO2/c1-14-5-2-3-6(7(12)4-5)8(13)9(10)11/h2-4,9H,1H3. The lowest BCUT2D eigenvalue weighted by molar-refractivity contribution is 0.101. The van der Waals surface area contributed by atoms with E-state index in [1.165, 1.54) is 19.2 Å². The SMILES string of the molecule is COc1ccc(C(=O)C(Br)Br)c(F)c1. The van der Waals surface area contributed by atoms with E-state index in [2.05, 4.69) is 31.9 Å². The van der Waals surface area contributed by atoms with Crippen LogP contribution in [0.1, 0.15) is 10.4 Å². The van der Waals surface area contributed by atoms with E-state index in [1.54, 1.807) is 6.07 Å². The molecule has 0 heterocycles. The van der Waals surface area contributed by atoms with Crippen LogP contribution in [0.2, 0.25) is 0 Å². The fraction of sp³-hybridized carbons (Fsp3) is 0.222. The van der Waals surface area contributed by atoms with Gasteiger partial charge in [0.2, 0.25) is 0 Å². The Balaban J connectivity index is 3.06. The molecule has 0 amide bonds. The lowest BCUT2D eigenvalue weighted by Gasteiger charge is -2.05. The topological polar surface area (TPSA) is 26.3 Å². The van der Waals surface area contributed by atoms with E-state index < -0.39 is 9.55 Å². The van der Waals surface area contributed by atoms with Crippen LogP contribution in [0.3, 0.4) is 0 Å². The number of rotatable bonds is 3. The first-order valence-corrected chi connectivity index (χ1v) is 5.55. The highest BCUT2D eigenvalue weighted by Gasteiger charge is 2.17. The molecular formula is C9H7Br2FO2. The molecule has 0 saturated heterocycles. The molecule has 0 aromatic heterocycles. The van der Waals surface area contributed by atoms with Gasteiger partial charge in [-0.05, 0) is 12.1 Å². The zero-order chi connectivity index (χ0) is 10.7. The summed E-state index contributed by atoms with van der Waals surface area (Å²) in [6.45, 7) is 0. The molecule has 0 N–H and O–H groups in total. The molecule has 0 bridgehead atoms. The molecule has 1 aromatic carbocycles. The summed E-state index contributed by atoms with van der Waals surface area (Å²) < 4.78 is 17.5. The Morgan fingerprint density at radius 3 is 2.57 bits per heavy atom. The summed E-state index contributed by atoms with van der Waals surface area (Å²) in [5.74, 6) is -0.553. The molecule has 0 aliphatic rings. The Labute approximate surface area is 97.7 Å². The number of ether oxygens (including phenoxy) is 1. The number of carbonyl (C=O) groups is 1. The predicted octanol–water partition coefficient (Wildman–Crippen LogP) is 3.13. The Morgan fingerprint density at radius 2 is 2.14 bits per heavy atom. The van der Waals surface area contributed by atoms with Gasteiger partial charge in [0, 0.05) is 6.07 Å². The second-order valence-corrected chi connectivity index (χ2v) is 5.57. The Kier molecular flexibility index (Phi) is 4.07. The van der Waals surface area contributed by atoms with Crippen molar-refractivity contribution < 1.29 is 13.9 Å². The van der Waals surface area contributed by atoms with E-state index in [4.69, 9.17) is 4.74 Å². The van der Waals surface area contributed by atoms with Gasteiger partial charge in [-0.3, -0.25) is 4.79 Å². The van der Waals surface area contributed by atoms with E-state index in [-0.39, 0.29) is 11.3 Å². The number of hydrogen-bond acceptors (Lipinski definition) is 2. The summed E-state index contributed by atoms with van der Waals surface area (Å²) in [6.07, 6.45) is 0. The summed E-state index contributed by atoms with van der Waals surface area (Å²) in [4.78, 5) is 11.4. The van der Waals surface area contributed by atoms with Gasteiger partial charge in [-0.25, -0.2) is 4.39 Å². The van der Waals surface area contributed by atoms with E-state index in [1.807, 2.05) is 0 Å². The van der Waals surface area contributed by atoms with Crippen molar-refractivity contribution in [2.75, 3.05) is 7.11 Å². The first kappa shape index (κ1) is 11.7. The van der Waals surface area contributed by atoms with Crippen LogP contribution in [0.4, 0.5) is 4.39 Å². The summed E-state index contributed by atoms with van der Waals surface area (Å²) in [6, 6.07) is 4.11. The smallest absolute Gasteiger partial charge is 0.190 e. The van der Waals surface area contributed by atoms with E-state index in [0.717, 1.165) is 0 Å². The van der Waals surface area contributed by atoms with E-state index in [0.29, 0.717) is 5.75 Å². The number of methoxy groups -OCH3 is 1. The molecule has 0 aliphatic carbocycles. The first-order valence-electron chi connectivity index (χ1n) is 3.72. The average molecular weight is 326 g/mol. The van der Waals surface area contributed by atoms with Gasteiger partial charge in [0.05, 0.1) is 12.7 Å². The number of ketones is 1. The molecule has 76 valence electrons. The molecule has 14 heavy (non-hydrogen) atoms. The molecule has 2 nitrogen and oxygen atoms in total. The highest BCUT2D eigenvalue weighted by molar-refractivity contribution is 9.25. The lowest BCUT2D eigenvalue weighted by Crippen LogP contribution is -2.09. The van der Waals surface area contributed by atoms with Crippen molar-refractivity contribution in [1.29, 1.82) is 0 Å². The normalized spacial score (nSPS) is 10.4. The number of Topliss-reactive ketones (excluding diaryl/α,β-unsaturated/α-hetero) is 1. The van der Waals surface area contributed by atoms with Crippen molar-refractivity contribution in [3.05, 3.63) is 29.6 Å². The quantitative estimate of drug-likeness (QED) is 0.630. The second-order valence-electron chi connectivity index (χ2n) is 2.51. The fourth-order valence-electron chi connectivity index (χ4n) is 0.940. The summed E-state index contributed by atoms with van der Waals surface area (Å²) in [7, 11) is 1.44. The third kappa shape index (κ3) is 2.54. The summed E-state index contributed by atoms with van der Waals surface area (Å²) in [5.41, 5.74) is 0.0320. The number of carbonyl (C=O) groups excluding carboxylic acids is 1. The van der Waals surface area contributed by atoms with Crippen LogP contribution < -0.4 is 4.74 Å². The molecule has 1 aromatic rings. The van der Waals surface area contributed by atoms with Crippen LogP contribution in [0.25, 0.3) is 0 Å². The maximum atomic E-state index is 13.3. The van der Waals surface area contributed by atoms with Crippen LogP contribution in [0.5, 0.6) is 5.75 Å². The van der Waals surface area contributed by atoms with Gasteiger partial charge >= 0.3 is 0 Å². The fourth-order valence-corrected chi connectivity index (χ4v) is 1.43. The number of hydrogen-bond donors (Lipinski definition) is 0. The van der Waals surface area contributed by atoms with Crippen LogP contribution in [-0.2, 0) is 0 Å². The molecule has 0 saturated carbocycles. The molecule has 0 fully saturated rings. The van der Waals surface area contributed by atoms with Crippen molar-refractivity contribution in [2.24, 2.45) is 0 Å². The van der Waals surface area contributed by atoms with E-state index >= 15 is 0 Å². The highest BCUT2D eigenvalue weighted by atomic mass is 79.9. The minimum Gasteiger partial charge on any atom is -0.497 e. The molecular weight excluding hydrogens is 319 g/mol. The average Bonchev–Trinajstić information content (AvgIpc) is 2.16. The van der Waals surface area contributed by atoms with Gasteiger partial charge in [-0.1, -0.05) is 31.9 Å². The zero-order valence-electron chi connectivity index (χ0n) is 7.26. The third-order valence-electron chi connectivity index (χ3n) is 1.64. The largest absolute Gasteiger partial charge is 0.497 e. The first-order chi connectivity index (χ1) is 6.56. The summed E-state index contributed by atoms with van der Waals surface area (Å²) in [5, 5.41) is 0. The van der Waals surface area contributed by atoms with Crippen molar-refractivity contribution in [1.82, 2.24) is 0 Å². The van der Waals surface area contributed by atoms with Crippen LogP contribution >= 0.6 is 31.9 Å². The zero-order valence-corrected chi connectivity index (χ0v) is 10.4. The van der Waals surface area contributed by atoms with Gasteiger partial charge in [-0.15, -0.1) is 0 Å². The van der Waals surface area contributed by atoms with Gasteiger partial charge in [0.15, 0.2) is 5.78 Å². The highest BCUT2D eigenvalue weighted by Crippen LogP contribution is 2.21. The van der Waals surface area contributed by atoms with Gasteiger partial charge in [0.1, 0.15) is 15.3 Å². The minimum absolute atomic E-state index is 0.0320. The van der Waals surface area contributed by atoms with Gasteiger partial charge in [0.25, 0.3) is 0 Å². The summed E-state index contributed by atoms with van der Waals surface area (Å²) >= 11 is 6.03. The Bertz CT molecular complexity index is 353. The maximum Gasteiger partial charge on any atom is 0.190 e.